The van der Waals surface area contributed by atoms with Gasteiger partial charge in [0.2, 0.25) is 0 Å². The third-order valence-corrected chi connectivity index (χ3v) is 2.85. The lowest BCUT2D eigenvalue weighted by Gasteiger charge is -2.12. The molecular weight excluding hydrogens is 200 g/mol. The van der Waals surface area contributed by atoms with Gasteiger partial charge in [-0.1, -0.05) is 20.3 Å². The van der Waals surface area contributed by atoms with Gasteiger partial charge < -0.3 is 5.32 Å². The molecule has 2 heterocycles. The van der Waals surface area contributed by atoms with E-state index in [1.54, 1.807) is 6.33 Å². The van der Waals surface area contributed by atoms with Gasteiger partial charge in [-0.25, -0.2) is 4.98 Å². The van der Waals surface area contributed by atoms with Gasteiger partial charge in [0.25, 0.3) is 0 Å². The highest BCUT2D eigenvalue weighted by Gasteiger charge is 2.05. The first-order valence-electron chi connectivity index (χ1n) is 5.75. The summed E-state index contributed by atoms with van der Waals surface area (Å²) in [6.45, 7) is 7.48. The Kier molecular flexibility index (Phi) is 3.08. The van der Waals surface area contributed by atoms with Gasteiger partial charge in [0.05, 0.1) is 0 Å². The van der Waals surface area contributed by atoms with Crippen LogP contribution in [-0.2, 0) is 0 Å². The Balaban J connectivity index is 2.25. The summed E-state index contributed by atoms with van der Waals surface area (Å²) >= 11 is 0. The summed E-state index contributed by atoms with van der Waals surface area (Å²) < 4.78 is 1.84. The first-order chi connectivity index (χ1) is 7.70. The lowest BCUT2D eigenvalue weighted by atomic mass is 10.1. The molecule has 0 bridgehead atoms. The number of nitrogens with one attached hydrogen (secondary N) is 1. The van der Waals surface area contributed by atoms with Crippen molar-refractivity contribution in [1.29, 1.82) is 0 Å². The molecule has 0 aliphatic carbocycles. The van der Waals surface area contributed by atoms with Gasteiger partial charge in [0, 0.05) is 6.54 Å². The molecule has 0 saturated heterocycles. The van der Waals surface area contributed by atoms with E-state index >= 15 is 0 Å². The van der Waals surface area contributed by atoms with E-state index in [2.05, 4.69) is 42.2 Å². The highest BCUT2D eigenvalue weighted by atomic mass is 15.3. The van der Waals surface area contributed by atoms with Crippen LogP contribution in [0.3, 0.4) is 0 Å². The predicted octanol–water partition coefficient (Wildman–Crippen LogP) is 2.50. The molecule has 2 rings (SSSR count). The fourth-order valence-electron chi connectivity index (χ4n) is 1.61. The predicted molar refractivity (Wildman–Crippen MR) is 65.7 cm³/mol. The number of hydrogen-bond acceptors (Lipinski definition) is 3. The van der Waals surface area contributed by atoms with E-state index in [0.717, 1.165) is 18.0 Å². The van der Waals surface area contributed by atoms with Crippen molar-refractivity contribution in [3.8, 4) is 0 Å². The maximum atomic E-state index is 4.21. The molecule has 0 aliphatic rings. The Bertz CT molecular complexity index is 475. The molecule has 1 N–H and O–H groups in total. The number of rotatable bonds is 4. The quantitative estimate of drug-likeness (QED) is 0.857. The number of anilines is 1. The second-order valence-electron chi connectivity index (χ2n) is 4.34. The Labute approximate surface area is 95.7 Å². The lowest BCUT2D eigenvalue weighted by Crippen LogP contribution is -2.13. The van der Waals surface area contributed by atoms with Crippen molar-refractivity contribution in [2.75, 3.05) is 11.9 Å². The third kappa shape index (κ3) is 2.15. The van der Waals surface area contributed by atoms with Gasteiger partial charge in [0.15, 0.2) is 5.65 Å². The van der Waals surface area contributed by atoms with Crippen molar-refractivity contribution < 1.29 is 0 Å². The summed E-state index contributed by atoms with van der Waals surface area (Å²) in [7, 11) is 0. The van der Waals surface area contributed by atoms with Crippen molar-refractivity contribution in [1.82, 2.24) is 14.6 Å². The summed E-state index contributed by atoms with van der Waals surface area (Å²) in [5.74, 6) is 1.69. The van der Waals surface area contributed by atoms with Crippen LogP contribution in [0, 0.1) is 12.8 Å². The normalized spacial score (nSPS) is 12.9. The molecule has 0 spiro atoms. The largest absolute Gasteiger partial charge is 0.370 e. The van der Waals surface area contributed by atoms with Gasteiger partial charge >= 0.3 is 0 Å². The monoisotopic (exact) mass is 218 g/mol. The minimum Gasteiger partial charge on any atom is -0.370 e. The average Bonchev–Trinajstić information content (AvgIpc) is 2.73. The zero-order chi connectivity index (χ0) is 11.5. The highest BCUT2D eigenvalue weighted by molar-refractivity contribution is 5.51. The van der Waals surface area contributed by atoms with E-state index in [0.29, 0.717) is 5.92 Å². The number of hydrogen-bond donors (Lipinski definition) is 1. The van der Waals surface area contributed by atoms with Crippen LogP contribution in [0.15, 0.2) is 18.5 Å². The molecule has 1 atom stereocenters. The molecule has 0 aliphatic heterocycles. The highest BCUT2D eigenvalue weighted by Crippen LogP contribution is 2.14. The first kappa shape index (κ1) is 10.9. The van der Waals surface area contributed by atoms with E-state index < -0.39 is 0 Å². The first-order valence-corrected chi connectivity index (χ1v) is 5.75. The van der Waals surface area contributed by atoms with Gasteiger partial charge in [-0.2, -0.15) is 9.61 Å². The molecular formula is C12H18N4. The molecule has 4 nitrogen and oxygen atoms in total. The molecule has 1 unspecified atom stereocenters. The Morgan fingerprint density at radius 1 is 1.44 bits per heavy atom. The van der Waals surface area contributed by atoms with E-state index in [9.17, 15) is 0 Å². The molecule has 0 fully saturated rings. The number of pyridine rings is 1. The number of aryl methyl sites for hydroxylation is 1. The third-order valence-electron chi connectivity index (χ3n) is 2.85. The maximum absolute atomic E-state index is 4.21. The molecule has 0 radical (unpaired) electrons. The van der Waals surface area contributed by atoms with Crippen LogP contribution >= 0.6 is 0 Å². The minimum atomic E-state index is 0.666. The van der Waals surface area contributed by atoms with E-state index in [4.69, 9.17) is 0 Å². The standard InChI is InChI=1S/C12H18N4/c1-4-9(2)7-13-11-5-10(3)6-12-14-8-15-16(11)12/h5-6,8-9,13H,4,7H2,1-3H3. The minimum absolute atomic E-state index is 0.666. The Morgan fingerprint density at radius 3 is 3.00 bits per heavy atom. The summed E-state index contributed by atoms with van der Waals surface area (Å²) in [5.41, 5.74) is 2.10. The second kappa shape index (κ2) is 4.51. The number of nitrogens with zero attached hydrogens (tertiary/aromatic N) is 3. The fourth-order valence-corrected chi connectivity index (χ4v) is 1.61. The van der Waals surface area contributed by atoms with E-state index in [-0.39, 0.29) is 0 Å². The van der Waals surface area contributed by atoms with Crippen LogP contribution in [0.4, 0.5) is 5.82 Å². The molecule has 86 valence electrons. The zero-order valence-corrected chi connectivity index (χ0v) is 10.1. The summed E-state index contributed by atoms with van der Waals surface area (Å²) in [4.78, 5) is 4.20. The van der Waals surface area contributed by atoms with Gasteiger partial charge in [-0.05, 0) is 30.5 Å². The Morgan fingerprint density at radius 2 is 2.25 bits per heavy atom. The van der Waals surface area contributed by atoms with E-state index in [1.165, 1.54) is 12.0 Å². The van der Waals surface area contributed by atoms with Crippen LogP contribution in [0.1, 0.15) is 25.8 Å². The molecule has 2 aromatic rings. The van der Waals surface area contributed by atoms with Gasteiger partial charge in [-0.15, -0.1) is 0 Å². The summed E-state index contributed by atoms with van der Waals surface area (Å²) in [6, 6.07) is 4.13. The van der Waals surface area contributed by atoms with Crippen LogP contribution < -0.4 is 5.32 Å². The zero-order valence-electron chi connectivity index (χ0n) is 10.1. The molecule has 0 saturated carbocycles. The maximum Gasteiger partial charge on any atom is 0.157 e. The van der Waals surface area contributed by atoms with Crippen LogP contribution in [0.5, 0.6) is 0 Å². The lowest BCUT2D eigenvalue weighted by molar-refractivity contribution is 0.591. The average molecular weight is 218 g/mol. The van der Waals surface area contributed by atoms with Crippen LogP contribution in [0.25, 0.3) is 5.65 Å². The molecule has 0 amide bonds. The van der Waals surface area contributed by atoms with Crippen LogP contribution in [0.2, 0.25) is 0 Å². The van der Waals surface area contributed by atoms with Crippen molar-refractivity contribution in [2.24, 2.45) is 5.92 Å². The summed E-state index contributed by atoms with van der Waals surface area (Å²) in [6.07, 6.45) is 2.77. The van der Waals surface area contributed by atoms with Crippen molar-refractivity contribution in [3.05, 3.63) is 24.0 Å². The van der Waals surface area contributed by atoms with Crippen LogP contribution in [-0.4, -0.2) is 21.1 Å². The molecule has 16 heavy (non-hydrogen) atoms. The molecule has 0 aromatic carbocycles. The SMILES string of the molecule is CCC(C)CNc1cc(C)cc2ncnn12. The number of fused-ring (bicyclic) bond motifs is 1. The van der Waals surface area contributed by atoms with Crippen molar-refractivity contribution in [2.45, 2.75) is 27.2 Å². The second-order valence-corrected chi connectivity index (χ2v) is 4.34. The molecule has 4 heteroatoms. The van der Waals surface area contributed by atoms with Crippen molar-refractivity contribution in [3.63, 3.8) is 0 Å². The van der Waals surface area contributed by atoms with E-state index in [1.807, 2.05) is 10.6 Å². The number of aromatic nitrogens is 3. The van der Waals surface area contributed by atoms with Gasteiger partial charge in [0.1, 0.15) is 12.1 Å². The van der Waals surface area contributed by atoms with Crippen molar-refractivity contribution >= 4 is 11.5 Å². The Hall–Kier alpha value is -1.58. The topological polar surface area (TPSA) is 42.2 Å². The summed E-state index contributed by atoms with van der Waals surface area (Å²) in [5, 5.41) is 7.63. The smallest absolute Gasteiger partial charge is 0.157 e. The van der Waals surface area contributed by atoms with Gasteiger partial charge in [-0.3, -0.25) is 0 Å². The molecule has 2 aromatic heterocycles. The fraction of sp³-hybridized carbons (Fsp3) is 0.500.